The molecule has 0 radical (unpaired) electrons. The van der Waals surface area contributed by atoms with Crippen molar-refractivity contribution in [2.24, 2.45) is 4.99 Å². The van der Waals surface area contributed by atoms with E-state index in [9.17, 15) is 8.42 Å². The fourth-order valence-electron chi connectivity index (χ4n) is 3.65. The van der Waals surface area contributed by atoms with Crippen LogP contribution in [0, 0.1) is 0 Å². The van der Waals surface area contributed by atoms with Crippen LogP contribution in [-0.2, 0) is 32.5 Å². The van der Waals surface area contributed by atoms with E-state index in [0.717, 1.165) is 43.1 Å². The molecular weight excluding hydrogens is 517 g/mol. The number of hydrogen-bond acceptors (Lipinski definition) is 5. The summed E-state index contributed by atoms with van der Waals surface area (Å²) in [6, 6.07) is 8.37. The van der Waals surface area contributed by atoms with E-state index >= 15 is 0 Å². The molecule has 170 valence electrons. The summed E-state index contributed by atoms with van der Waals surface area (Å²) in [5.41, 5.74) is 2.30. The number of aliphatic imine (C=N–C) groups is 1. The first kappa shape index (κ1) is 25.4. The van der Waals surface area contributed by atoms with Crippen molar-refractivity contribution in [1.29, 1.82) is 0 Å². The molecule has 2 aliphatic heterocycles. The van der Waals surface area contributed by atoms with Crippen LogP contribution in [0.15, 0.2) is 29.3 Å². The van der Waals surface area contributed by atoms with E-state index in [-0.39, 0.29) is 29.7 Å². The summed E-state index contributed by atoms with van der Waals surface area (Å²) in [5.74, 6) is 0.891. The third-order valence-electron chi connectivity index (χ3n) is 5.68. The molecule has 30 heavy (non-hydrogen) atoms. The van der Waals surface area contributed by atoms with Crippen molar-refractivity contribution in [3.8, 4) is 0 Å². The first-order valence-corrected chi connectivity index (χ1v) is 11.9. The number of nitrogens with zero attached hydrogens (tertiary/aromatic N) is 2. The van der Waals surface area contributed by atoms with Crippen LogP contribution in [0.3, 0.4) is 0 Å². The standard InChI is InChI=1S/C21H33N3O4S.HI/c1-21(2)16-24(10-13-29(21,25)26)20(22-3)23-14-17-4-6-18(7-5-17)15-28-19-8-11-27-12-9-19;/h4-7,19H,8-16H2,1-3H3,(H,22,23);1H. The minimum atomic E-state index is -3.06. The second-order valence-corrected chi connectivity index (χ2v) is 11.1. The van der Waals surface area contributed by atoms with Gasteiger partial charge < -0.3 is 19.7 Å². The Morgan fingerprint density at radius 3 is 2.47 bits per heavy atom. The maximum atomic E-state index is 12.2. The quantitative estimate of drug-likeness (QED) is 0.345. The van der Waals surface area contributed by atoms with E-state index in [0.29, 0.717) is 32.3 Å². The summed E-state index contributed by atoms with van der Waals surface area (Å²) >= 11 is 0. The van der Waals surface area contributed by atoms with Crippen molar-refractivity contribution >= 4 is 39.8 Å². The van der Waals surface area contributed by atoms with E-state index < -0.39 is 14.6 Å². The third kappa shape index (κ3) is 6.54. The molecule has 7 nitrogen and oxygen atoms in total. The van der Waals surface area contributed by atoms with Gasteiger partial charge in [0.15, 0.2) is 15.8 Å². The van der Waals surface area contributed by atoms with Gasteiger partial charge in [0.05, 0.1) is 23.2 Å². The zero-order chi connectivity index (χ0) is 20.9. The Balaban J connectivity index is 0.00000320. The SMILES string of the molecule is CN=C(NCc1ccc(COC2CCOCC2)cc1)N1CCS(=O)(=O)C(C)(C)C1.I. The fourth-order valence-corrected chi connectivity index (χ4v) is 5.01. The number of ether oxygens (including phenoxy) is 2. The van der Waals surface area contributed by atoms with E-state index in [2.05, 4.69) is 34.6 Å². The predicted molar refractivity (Wildman–Crippen MR) is 130 cm³/mol. The molecule has 2 saturated heterocycles. The average molecular weight is 551 g/mol. The monoisotopic (exact) mass is 551 g/mol. The van der Waals surface area contributed by atoms with Gasteiger partial charge >= 0.3 is 0 Å². The van der Waals surface area contributed by atoms with Gasteiger partial charge in [-0.3, -0.25) is 4.99 Å². The van der Waals surface area contributed by atoms with Crippen LogP contribution in [0.4, 0.5) is 0 Å². The molecule has 0 spiro atoms. The van der Waals surface area contributed by atoms with Crippen LogP contribution in [0.2, 0.25) is 0 Å². The number of halogens is 1. The summed E-state index contributed by atoms with van der Waals surface area (Å²) in [6.45, 7) is 7.31. The Morgan fingerprint density at radius 2 is 1.87 bits per heavy atom. The smallest absolute Gasteiger partial charge is 0.193 e. The molecule has 0 aromatic heterocycles. The first-order chi connectivity index (χ1) is 13.8. The van der Waals surface area contributed by atoms with Gasteiger partial charge in [-0.1, -0.05) is 24.3 Å². The van der Waals surface area contributed by atoms with Gasteiger partial charge in [0, 0.05) is 39.9 Å². The number of guanidine groups is 1. The van der Waals surface area contributed by atoms with Gasteiger partial charge in [-0.15, -0.1) is 24.0 Å². The normalized spacial score (nSPS) is 21.7. The number of sulfone groups is 1. The van der Waals surface area contributed by atoms with Crippen molar-refractivity contribution in [2.45, 2.75) is 50.7 Å². The van der Waals surface area contributed by atoms with Crippen LogP contribution >= 0.6 is 24.0 Å². The van der Waals surface area contributed by atoms with Gasteiger partial charge in [0.2, 0.25) is 0 Å². The highest BCUT2D eigenvalue weighted by atomic mass is 127. The van der Waals surface area contributed by atoms with Gasteiger partial charge in [-0.05, 0) is 37.8 Å². The second-order valence-electron chi connectivity index (χ2n) is 8.34. The van der Waals surface area contributed by atoms with Crippen molar-refractivity contribution in [2.75, 3.05) is 39.1 Å². The van der Waals surface area contributed by atoms with Gasteiger partial charge in [-0.25, -0.2) is 8.42 Å². The molecular formula is C21H34IN3O4S. The number of nitrogens with one attached hydrogen (secondary N) is 1. The Bertz CT molecular complexity index is 806. The molecule has 0 unspecified atom stereocenters. The highest BCUT2D eigenvalue weighted by molar-refractivity contribution is 14.0. The van der Waals surface area contributed by atoms with Gasteiger partial charge in [0.25, 0.3) is 0 Å². The lowest BCUT2D eigenvalue weighted by molar-refractivity contribution is -0.0390. The van der Waals surface area contributed by atoms with E-state index in [1.54, 1.807) is 20.9 Å². The number of benzene rings is 1. The van der Waals surface area contributed by atoms with Crippen LogP contribution in [0.1, 0.15) is 37.8 Å². The Labute approximate surface area is 197 Å². The fraction of sp³-hybridized carbons (Fsp3) is 0.667. The van der Waals surface area contributed by atoms with Crippen molar-refractivity contribution in [3.63, 3.8) is 0 Å². The molecule has 2 heterocycles. The molecule has 1 N–H and O–H groups in total. The highest BCUT2D eigenvalue weighted by Crippen LogP contribution is 2.23. The maximum Gasteiger partial charge on any atom is 0.193 e. The lowest BCUT2D eigenvalue weighted by atomic mass is 10.1. The van der Waals surface area contributed by atoms with Gasteiger partial charge in [0.1, 0.15) is 0 Å². The summed E-state index contributed by atoms with van der Waals surface area (Å²) in [4.78, 5) is 6.37. The third-order valence-corrected chi connectivity index (χ3v) is 8.22. The van der Waals surface area contributed by atoms with Gasteiger partial charge in [-0.2, -0.15) is 0 Å². The summed E-state index contributed by atoms with van der Waals surface area (Å²) in [7, 11) is -1.33. The Hall–Kier alpha value is -0.910. The average Bonchev–Trinajstić information content (AvgIpc) is 2.71. The lowest BCUT2D eigenvalue weighted by Crippen LogP contribution is -2.57. The molecule has 3 rings (SSSR count). The molecule has 0 aliphatic carbocycles. The summed E-state index contributed by atoms with van der Waals surface area (Å²) in [5, 5.41) is 3.36. The van der Waals surface area contributed by atoms with E-state index in [1.807, 2.05) is 4.90 Å². The van der Waals surface area contributed by atoms with Crippen LogP contribution in [0.25, 0.3) is 0 Å². The number of hydrogen-bond donors (Lipinski definition) is 1. The molecule has 2 aliphatic rings. The predicted octanol–water partition coefficient (Wildman–Crippen LogP) is 2.58. The largest absolute Gasteiger partial charge is 0.381 e. The second kappa shape index (κ2) is 11.1. The molecule has 1 aromatic carbocycles. The molecule has 1 aromatic rings. The van der Waals surface area contributed by atoms with Crippen LogP contribution < -0.4 is 5.32 Å². The van der Waals surface area contributed by atoms with Crippen LogP contribution in [0.5, 0.6) is 0 Å². The van der Waals surface area contributed by atoms with Crippen LogP contribution in [-0.4, -0.2) is 69.2 Å². The molecule has 0 bridgehead atoms. The maximum absolute atomic E-state index is 12.2. The number of rotatable bonds is 5. The zero-order valence-corrected chi connectivity index (χ0v) is 21.2. The lowest BCUT2D eigenvalue weighted by Gasteiger charge is -2.39. The Kier molecular flexibility index (Phi) is 9.38. The van der Waals surface area contributed by atoms with Crippen molar-refractivity contribution in [1.82, 2.24) is 10.2 Å². The topological polar surface area (TPSA) is 80.2 Å². The molecule has 0 amide bonds. The molecule has 2 fully saturated rings. The first-order valence-electron chi connectivity index (χ1n) is 10.3. The van der Waals surface area contributed by atoms with Crippen molar-refractivity contribution < 1.29 is 17.9 Å². The minimum absolute atomic E-state index is 0. The zero-order valence-electron chi connectivity index (χ0n) is 18.1. The Morgan fingerprint density at radius 1 is 1.23 bits per heavy atom. The minimum Gasteiger partial charge on any atom is -0.381 e. The summed E-state index contributed by atoms with van der Waals surface area (Å²) in [6.07, 6.45) is 2.23. The van der Waals surface area contributed by atoms with E-state index in [4.69, 9.17) is 9.47 Å². The van der Waals surface area contributed by atoms with E-state index in [1.165, 1.54) is 0 Å². The molecule has 9 heteroatoms. The summed E-state index contributed by atoms with van der Waals surface area (Å²) < 4.78 is 35.0. The molecule has 0 atom stereocenters. The van der Waals surface area contributed by atoms with Crippen molar-refractivity contribution in [3.05, 3.63) is 35.4 Å². The highest BCUT2D eigenvalue weighted by Gasteiger charge is 2.40. The molecule has 0 saturated carbocycles.